The molecule has 3 atom stereocenters. The monoisotopic (exact) mass is 481 g/mol. The summed E-state index contributed by atoms with van der Waals surface area (Å²) in [6.45, 7) is 7.17. The first kappa shape index (κ1) is 29.1. The van der Waals surface area contributed by atoms with Gasteiger partial charge in [0.05, 0.1) is 0 Å². The maximum Gasteiger partial charge on any atom is 0.315 e. The zero-order valence-electron chi connectivity index (χ0n) is 20.3. The maximum absolute atomic E-state index is 13.0. The van der Waals surface area contributed by atoms with Crippen LogP contribution in [0, 0.1) is 17.8 Å². The lowest BCUT2D eigenvalue weighted by Gasteiger charge is -2.26. The summed E-state index contributed by atoms with van der Waals surface area (Å²) in [5.74, 6) is -1.99. The molecule has 0 aromatic carbocycles. The molecule has 0 spiro atoms. The molecule has 0 aliphatic carbocycles. The van der Waals surface area contributed by atoms with Gasteiger partial charge in [-0.25, -0.2) is 4.79 Å². The molecule has 0 bridgehead atoms. The fourth-order valence-corrected chi connectivity index (χ4v) is 3.05. The Kier molecular flexibility index (Phi) is 12.9. The standard InChI is InChI=1S/C23H39N5O6/c1-14(2)17-8-9-19(31)24-10-6-5-7-18(21(32)26-17)27-22(33)20(15(3)4)28-23(34)25-11-16(12-29)13-30/h5,7-9,14-18,20,29-30H,6,10-13H2,1-4H3,(H,24,31)(H,26,32)(H,27,33)(H2,25,28,34). The fourth-order valence-electron chi connectivity index (χ4n) is 3.05. The van der Waals surface area contributed by atoms with Crippen molar-refractivity contribution in [2.24, 2.45) is 17.8 Å². The molecule has 1 heterocycles. The van der Waals surface area contributed by atoms with Crippen molar-refractivity contribution in [3.8, 4) is 0 Å². The first-order chi connectivity index (χ1) is 16.1. The highest BCUT2D eigenvalue weighted by atomic mass is 16.3. The third kappa shape index (κ3) is 10.3. The Balaban J connectivity index is 2.92. The Morgan fingerprint density at radius 2 is 1.79 bits per heavy atom. The summed E-state index contributed by atoms with van der Waals surface area (Å²) in [5.41, 5.74) is 0. The van der Waals surface area contributed by atoms with E-state index in [1.807, 2.05) is 13.8 Å². The summed E-state index contributed by atoms with van der Waals surface area (Å²) in [7, 11) is 0. The molecule has 0 aromatic rings. The highest BCUT2D eigenvalue weighted by molar-refractivity contribution is 5.93. The second-order valence-electron chi connectivity index (χ2n) is 8.94. The lowest BCUT2D eigenvalue weighted by molar-refractivity contribution is -0.129. The van der Waals surface area contributed by atoms with Crippen LogP contribution in [0.25, 0.3) is 0 Å². The van der Waals surface area contributed by atoms with E-state index in [-0.39, 0.29) is 37.5 Å². The van der Waals surface area contributed by atoms with E-state index in [4.69, 9.17) is 10.2 Å². The van der Waals surface area contributed by atoms with Crippen molar-refractivity contribution in [3.63, 3.8) is 0 Å². The van der Waals surface area contributed by atoms with E-state index >= 15 is 0 Å². The SMILES string of the molecule is CC(C)C1C=CC(=O)NCCC=CC(NC(=O)C(NC(=O)NCC(CO)CO)C(C)C)C(=O)N1. The van der Waals surface area contributed by atoms with E-state index in [2.05, 4.69) is 26.6 Å². The quantitative estimate of drug-likeness (QED) is 0.212. The van der Waals surface area contributed by atoms with Crippen LogP contribution in [0.15, 0.2) is 24.3 Å². The predicted octanol–water partition coefficient (Wildman–Crippen LogP) is -0.831. The number of rotatable bonds is 9. The van der Waals surface area contributed by atoms with Crippen molar-refractivity contribution in [2.45, 2.75) is 52.2 Å². The van der Waals surface area contributed by atoms with E-state index in [0.29, 0.717) is 13.0 Å². The summed E-state index contributed by atoms with van der Waals surface area (Å²) >= 11 is 0. The largest absolute Gasteiger partial charge is 0.396 e. The first-order valence-electron chi connectivity index (χ1n) is 11.6. The molecule has 1 aliphatic rings. The van der Waals surface area contributed by atoms with Crippen molar-refractivity contribution in [1.29, 1.82) is 0 Å². The summed E-state index contributed by atoms with van der Waals surface area (Å²) < 4.78 is 0. The van der Waals surface area contributed by atoms with Crippen molar-refractivity contribution in [1.82, 2.24) is 26.6 Å². The predicted molar refractivity (Wildman–Crippen MR) is 127 cm³/mol. The molecule has 7 N–H and O–H groups in total. The lowest BCUT2D eigenvalue weighted by Crippen LogP contribution is -2.57. The van der Waals surface area contributed by atoms with Gasteiger partial charge in [0.2, 0.25) is 17.7 Å². The molecule has 5 amide bonds. The van der Waals surface area contributed by atoms with E-state index in [9.17, 15) is 19.2 Å². The van der Waals surface area contributed by atoms with Crippen LogP contribution in [0.2, 0.25) is 0 Å². The van der Waals surface area contributed by atoms with Crippen LogP contribution in [-0.2, 0) is 14.4 Å². The minimum atomic E-state index is -0.975. The number of hydrogen-bond donors (Lipinski definition) is 7. The third-order valence-corrected chi connectivity index (χ3v) is 5.30. The Labute approximate surface area is 200 Å². The van der Waals surface area contributed by atoms with Gasteiger partial charge >= 0.3 is 6.03 Å². The second kappa shape index (κ2) is 15.1. The molecular formula is C23H39N5O6. The number of carbonyl (C=O) groups excluding carboxylic acids is 4. The Hall–Kier alpha value is -2.92. The van der Waals surface area contributed by atoms with Gasteiger partial charge in [0.15, 0.2) is 0 Å². The lowest BCUT2D eigenvalue weighted by atomic mass is 10.0. The van der Waals surface area contributed by atoms with Gasteiger partial charge in [-0.1, -0.05) is 45.9 Å². The number of nitrogens with one attached hydrogen (secondary N) is 5. The molecule has 11 heteroatoms. The molecular weight excluding hydrogens is 442 g/mol. The van der Waals surface area contributed by atoms with E-state index < -0.39 is 41.9 Å². The highest BCUT2D eigenvalue weighted by Gasteiger charge is 2.29. The molecule has 3 unspecified atom stereocenters. The summed E-state index contributed by atoms with van der Waals surface area (Å²) in [6.07, 6.45) is 6.75. The summed E-state index contributed by atoms with van der Waals surface area (Å²) in [4.78, 5) is 50.1. The van der Waals surface area contributed by atoms with Crippen LogP contribution in [-0.4, -0.2) is 78.4 Å². The molecule has 0 radical (unpaired) electrons. The molecule has 34 heavy (non-hydrogen) atoms. The Morgan fingerprint density at radius 3 is 2.38 bits per heavy atom. The van der Waals surface area contributed by atoms with Gasteiger partial charge in [-0.05, 0) is 18.3 Å². The second-order valence-corrected chi connectivity index (χ2v) is 8.94. The molecule has 192 valence electrons. The number of aliphatic hydroxyl groups excluding tert-OH is 2. The Morgan fingerprint density at radius 1 is 1.12 bits per heavy atom. The number of amides is 5. The molecule has 1 rings (SSSR count). The van der Waals surface area contributed by atoms with Crippen molar-refractivity contribution < 1.29 is 29.4 Å². The highest BCUT2D eigenvalue weighted by Crippen LogP contribution is 2.07. The van der Waals surface area contributed by atoms with Crippen LogP contribution < -0.4 is 26.6 Å². The van der Waals surface area contributed by atoms with Crippen LogP contribution in [0.4, 0.5) is 4.79 Å². The van der Waals surface area contributed by atoms with E-state index in [0.717, 1.165) is 0 Å². The fraction of sp³-hybridized carbons (Fsp3) is 0.652. The normalized spacial score (nSPS) is 20.3. The van der Waals surface area contributed by atoms with Crippen LogP contribution in [0.1, 0.15) is 34.1 Å². The van der Waals surface area contributed by atoms with Crippen molar-refractivity contribution in [2.75, 3.05) is 26.3 Å². The Bertz CT molecular complexity index is 748. The molecule has 0 aromatic heterocycles. The van der Waals surface area contributed by atoms with Gasteiger partial charge in [0, 0.05) is 44.3 Å². The molecule has 0 saturated carbocycles. The maximum atomic E-state index is 13.0. The number of carbonyl (C=O) groups is 4. The number of aliphatic hydroxyl groups is 2. The summed E-state index contributed by atoms with van der Waals surface area (Å²) in [6, 6.07) is -2.94. The van der Waals surface area contributed by atoms with Gasteiger partial charge in [-0.2, -0.15) is 0 Å². The molecule has 0 saturated heterocycles. The van der Waals surface area contributed by atoms with Crippen LogP contribution in [0.3, 0.4) is 0 Å². The number of urea groups is 1. The molecule has 0 fully saturated rings. The minimum absolute atomic E-state index is 0.00622. The van der Waals surface area contributed by atoms with Gasteiger partial charge in [0.1, 0.15) is 12.1 Å². The zero-order valence-corrected chi connectivity index (χ0v) is 20.3. The summed E-state index contributed by atoms with van der Waals surface area (Å²) in [5, 5.41) is 31.6. The molecule has 11 nitrogen and oxygen atoms in total. The van der Waals surface area contributed by atoms with Crippen molar-refractivity contribution in [3.05, 3.63) is 24.3 Å². The minimum Gasteiger partial charge on any atom is -0.396 e. The third-order valence-electron chi connectivity index (χ3n) is 5.30. The van der Waals surface area contributed by atoms with Crippen molar-refractivity contribution >= 4 is 23.8 Å². The number of hydrogen-bond acceptors (Lipinski definition) is 6. The smallest absolute Gasteiger partial charge is 0.315 e. The van der Waals surface area contributed by atoms with Gasteiger partial charge in [0.25, 0.3) is 0 Å². The van der Waals surface area contributed by atoms with Gasteiger partial charge < -0.3 is 36.8 Å². The van der Waals surface area contributed by atoms with E-state index in [1.54, 1.807) is 32.1 Å². The molecule has 1 aliphatic heterocycles. The van der Waals surface area contributed by atoms with Crippen LogP contribution in [0.5, 0.6) is 0 Å². The van der Waals surface area contributed by atoms with E-state index in [1.165, 1.54) is 6.08 Å². The first-order valence-corrected chi connectivity index (χ1v) is 11.6. The zero-order chi connectivity index (χ0) is 25.7. The average Bonchev–Trinajstić information content (AvgIpc) is 2.78. The topological polar surface area (TPSA) is 169 Å². The van der Waals surface area contributed by atoms with Gasteiger partial charge in [-0.15, -0.1) is 0 Å². The average molecular weight is 482 g/mol. The van der Waals surface area contributed by atoms with Gasteiger partial charge in [-0.3, -0.25) is 14.4 Å². The van der Waals surface area contributed by atoms with Crippen LogP contribution >= 0.6 is 0 Å².